The number of halogens is 4. The van der Waals surface area contributed by atoms with Gasteiger partial charge in [0.15, 0.2) is 0 Å². The predicted molar refractivity (Wildman–Crippen MR) is 54.2 cm³/mol. The van der Waals surface area contributed by atoms with E-state index in [-0.39, 0.29) is 24.8 Å². The van der Waals surface area contributed by atoms with Gasteiger partial charge in [0, 0.05) is 11.0 Å². The third kappa shape index (κ3) is 2.59. The average molecular weight is 275 g/mol. The summed E-state index contributed by atoms with van der Waals surface area (Å²) < 4.78 is 13.2. The molecule has 0 aliphatic heterocycles. The molecule has 68 valence electrons. The largest absolute Gasteiger partial charge is 0.326 e. The van der Waals surface area contributed by atoms with Gasteiger partial charge in [0.25, 0.3) is 0 Å². The predicted octanol–water partition coefficient (Wildman–Crippen LogP) is 3.12. The van der Waals surface area contributed by atoms with Gasteiger partial charge < -0.3 is 5.73 Å². The van der Waals surface area contributed by atoms with Crippen molar-refractivity contribution in [1.82, 2.24) is 0 Å². The molecule has 0 heterocycles. The van der Waals surface area contributed by atoms with Gasteiger partial charge in [-0.15, -0.1) is 12.4 Å². The van der Waals surface area contributed by atoms with Crippen LogP contribution in [0.2, 0.25) is 5.02 Å². The van der Waals surface area contributed by atoms with Crippen LogP contribution in [0.1, 0.15) is 5.56 Å². The van der Waals surface area contributed by atoms with Crippen LogP contribution in [0.4, 0.5) is 4.39 Å². The first-order valence-electron chi connectivity index (χ1n) is 2.98. The molecule has 2 N–H and O–H groups in total. The second-order valence-electron chi connectivity index (χ2n) is 2.06. The zero-order chi connectivity index (χ0) is 8.43. The lowest BCUT2D eigenvalue weighted by Crippen LogP contribution is -1.98. The number of benzene rings is 1. The van der Waals surface area contributed by atoms with E-state index in [9.17, 15) is 4.39 Å². The minimum atomic E-state index is -0.332. The van der Waals surface area contributed by atoms with Crippen LogP contribution in [0.3, 0.4) is 0 Å². The van der Waals surface area contributed by atoms with E-state index in [0.717, 1.165) is 0 Å². The standard InChI is InChI=1S/C7H6BrClFN.ClH/c8-6-2-5(10)1-4(3-11)7(6)9;/h1-2H,3,11H2;1H. The number of hydrogen-bond donors (Lipinski definition) is 1. The fourth-order valence-corrected chi connectivity index (χ4v) is 1.42. The van der Waals surface area contributed by atoms with Crippen molar-refractivity contribution in [3.63, 3.8) is 0 Å². The number of rotatable bonds is 1. The molecule has 0 unspecified atom stereocenters. The minimum Gasteiger partial charge on any atom is -0.326 e. The van der Waals surface area contributed by atoms with Crippen LogP contribution in [-0.2, 0) is 6.54 Å². The van der Waals surface area contributed by atoms with Crippen LogP contribution in [0, 0.1) is 5.82 Å². The van der Waals surface area contributed by atoms with Crippen molar-refractivity contribution in [2.45, 2.75) is 6.54 Å². The van der Waals surface area contributed by atoms with Gasteiger partial charge in [-0.3, -0.25) is 0 Å². The lowest BCUT2D eigenvalue weighted by Gasteiger charge is -2.02. The zero-order valence-electron chi connectivity index (χ0n) is 5.98. The van der Waals surface area contributed by atoms with Crippen LogP contribution in [0.15, 0.2) is 16.6 Å². The van der Waals surface area contributed by atoms with Gasteiger partial charge in [0.05, 0.1) is 5.02 Å². The Morgan fingerprint density at radius 3 is 2.58 bits per heavy atom. The van der Waals surface area contributed by atoms with Crippen molar-refractivity contribution in [3.8, 4) is 0 Å². The van der Waals surface area contributed by atoms with Crippen molar-refractivity contribution < 1.29 is 4.39 Å². The summed E-state index contributed by atoms with van der Waals surface area (Å²) in [5.74, 6) is -0.332. The van der Waals surface area contributed by atoms with E-state index < -0.39 is 0 Å². The van der Waals surface area contributed by atoms with E-state index in [1.54, 1.807) is 0 Å². The Morgan fingerprint density at radius 2 is 2.08 bits per heavy atom. The lowest BCUT2D eigenvalue weighted by molar-refractivity contribution is 0.624. The van der Waals surface area contributed by atoms with Gasteiger partial charge in [-0.25, -0.2) is 4.39 Å². The molecular formula is C7H7BrCl2FN. The Morgan fingerprint density at radius 1 is 1.50 bits per heavy atom. The first kappa shape index (κ1) is 12.2. The Balaban J connectivity index is 0.00000121. The summed E-state index contributed by atoms with van der Waals surface area (Å²) in [7, 11) is 0. The molecule has 0 spiro atoms. The van der Waals surface area contributed by atoms with Crippen molar-refractivity contribution in [1.29, 1.82) is 0 Å². The first-order chi connectivity index (χ1) is 5.15. The quantitative estimate of drug-likeness (QED) is 0.783. The maximum Gasteiger partial charge on any atom is 0.124 e. The second kappa shape index (κ2) is 5.02. The van der Waals surface area contributed by atoms with Crippen molar-refractivity contribution in [2.24, 2.45) is 5.73 Å². The molecule has 1 aromatic carbocycles. The number of hydrogen-bond acceptors (Lipinski definition) is 1. The molecular weight excluding hydrogens is 268 g/mol. The van der Waals surface area contributed by atoms with Gasteiger partial charge in [-0.05, 0) is 33.6 Å². The highest BCUT2D eigenvalue weighted by Gasteiger charge is 2.04. The van der Waals surface area contributed by atoms with E-state index in [1.807, 2.05) is 0 Å². The molecule has 0 aliphatic rings. The van der Waals surface area contributed by atoms with Crippen LogP contribution < -0.4 is 5.73 Å². The fraction of sp³-hybridized carbons (Fsp3) is 0.143. The van der Waals surface area contributed by atoms with Gasteiger partial charge in [-0.1, -0.05) is 11.6 Å². The molecule has 0 atom stereocenters. The summed E-state index contributed by atoms with van der Waals surface area (Å²) in [6.07, 6.45) is 0. The highest BCUT2D eigenvalue weighted by molar-refractivity contribution is 9.10. The van der Waals surface area contributed by atoms with E-state index in [1.165, 1.54) is 12.1 Å². The lowest BCUT2D eigenvalue weighted by atomic mass is 10.2. The van der Waals surface area contributed by atoms with E-state index in [0.29, 0.717) is 15.1 Å². The summed E-state index contributed by atoms with van der Waals surface area (Å²) in [6, 6.07) is 2.63. The third-order valence-electron chi connectivity index (χ3n) is 1.29. The molecule has 1 aromatic rings. The van der Waals surface area contributed by atoms with E-state index >= 15 is 0 Å². The molecule has 0 amide bonds. The monoisotopic (exact) mass is 273 g/mol. The summed E-state index contributed by atoms with van der Waals surface area (Å²) in [4.78, 5) is 0. The van der Waals surface area contributed by atoms with E-state index in [2.05, 4.69) is 15.9 Å². The SMILES string of the molecule is Cl.NCc1cc(F)cc(Br)c1Cl. The first-order valence-corrected chi connectivity index (χ1v) is 4.15. The molecule has 0 bridgehead atoms. The Hall–Kier alpha value is 0.170. The van der Waals surface area contributed by atoms with Crippen LogP contribution in [0.5, 0.6) is 0 Å². The summed E-state index contributed by atoms with van der Waals surface area (Å²) in [5.41, 5.74) is 5.93. The Labute approximate surface area is 89.6 Å². The molecule has 1 rings (SSSR count). The van der Waals surface area contributed by atoms with Crippen LogP contribution in [-0.4, -0.2) is 0 Å². The van der Waals surface area contributed by atoms with Gasteiger partial charge in [0.2, 0.25) is 0 Å². The highest BCUT2D eigenvalue weighted by Crippen LogP contribution is 2.26. The average Bonchev–Trinajstić information content (AvgIpc) is 1.96. The Kier molecular flexibility index (Phi) is 5.09. The maximum absolute atomic E-state index is 12.7. The summed E-state index contributed by atoms with van der Waals surface area (Å²) >= 11 is 8.88. The smallest absolute Gasteiger partial charge is 0.124 e. The van der Waals surface area contributed by atoms with Crippen molar-refractivity contribution in [3.05, 3.63) is 33.0 Å². The Bertz CT molecular complexity index is 280. The fourth-order valence-electron chi connectivity index (χ4n) is 0.758. The zero-order valence-corrected chi connectivity index (χ0v) is 9.14. The highest BCUT2D eigenvalue weighted by atomic mass is 79.9. The normalized spacial score (nSPS) is 9.33. The van der Waals surface area contributed by atoms with Gasteiger partial charge in [-0.2, -0.15) is 0 Å². The molecule has 5 heteroatoms. The molecule has 0 radical (unpaired) electrons. The number of nitrogens with two attached hydrogens (primary N) is 1. The molecule has 0 saturated carbocycles. The molecule has 0 aromatic heterocycles. The van der Waals surface area contributed by atoms with Gasteiger partial charge in [0.1, 0.15) is 5.82 Å². The molecule has 0 aliphatic carbocycles. The maximum atomic E-state index is 12.7. The van der Waals surface area contributed by atoms with Crippen molar-refractivity contribution in [2.75, 3.05) is 0 Å². The van der Waals surface area contributed by atoms with Crippen molar-refractivity contribution >= 4 is 39.9 Å². The van der Waals surface area contributed by atoms with Crippen LogP contribution >= 0.6 is 39.9 Å². The van der Waals surface area contributed by atoms with E-state index in [4.69, 9.17) is 17.3 Å². The molecule has 12 heavy (non-hydrogen) atoms. The molecule has 1 nitrogen and oxygen atoms in total. The third-order valence-corrected chi connectivity index (χ3v) is 2.59. The van der Waals surface area contributed by atoms with Crippen LogP contribution in [0.25, 0.3) is 0 Å². The van der Waals surface area contributed by atoms with Gasteiger partial charge >= 0.3 is 0 Å². The molecule has 0 fully saturated rings. The summed E-state index contributed by atoms with van der Waals surface area (Å²) in [6.45, 7) is 0.245. The second-order valence-corrected chi connectivity index (χ2v) is 3.30. The molecule has 0 saturated heterocycles. The summed E-state index contributed by atoms with van der Waals surface area (Å²) in [5, 5.41) is 0.480. The topological polar surface area (TPSA) is 26.0 Å². The minimum absolute atomic E-state index is 0.